The second kappa shape index (κ2) is 4.14. The number of aromatic nitrogens is 5. The summed E-state index contributed by atoms with van der Waals surface area (Å²) >= 11 is 0. The van der Waals surface area contributed by atoms with Gasteiger partial charge in [-0.25, -0.2) is 14.6 Å². The molecule has 2 aromatic heterocycles. The van der Waals surface area contributed by atoms with E-state index in [1.54, 1.807) is 4.68 Å². The molecule has 0 bridgehead atoms. The number of rotatable bonds is 2. The molecule has 0 aliphatic heterocycles. The lowest BCUT2D eigenvalue weighted by Gasteiger charge is -2.09. The Labute approximate surface area is 102 Å². The SMILES string of the molecule is Nc1ncnc2c1nnn2C1CC(O)C(CO)C1. The molecule has 0 amide bonds. The van der Waals surface area contributed by atoms with E-state index in [-0.39, 0.29) is 18.6 Å². The second-order valence-corrected chi connectivity index (χ2v) is 4.60. The summed E-state index contributed by atoms with van der Waals surface area (Å²) in [5, 5.41) is 27.0. The summed E-state index contributed by atoms with van der Waals surface area (Å²) in [6.45, 7) is -0.0264. The zero-order valence-electron chi connectivity index (χ0n) is 9.64. The number of hydrogen-bond donors (Lipinski definition) is 3. The molecule has 3 rings (SSSR count). The average molecular weight is 250 g/mol. The maximum Gasteiger partial charge on any atom is 0.184 e. The first-order valence-electron chi connectivity index (χ1n) is 5.81. The van der Waals surface area contributed by atoms with Gasteiger partial charge in [-0.3, -0.25) is 0 Å². The monoisotopic (exact) mass is 250 g/mol. The quantitative estimate of drug-likeness (QED) is 0.631. The van der Waals surface area contributed by atoms with E-state index in [9.17, 15) is 5.11 Å². The third kappa shape index (κ3) is 1.61. The third-order valence-corrected chi connectivity index (χ3v) is 3.50. The summed E-state index contributed by atoms with van der Waals surface area (Å²) in [6, 6.07) is -0.0172. The van der Waals surface area contributed by atoms with Gasteiger partial charge < -0.3 is 15.9 Å². The Hall–Kier alpha value is -1.80. The van der Waals surface area contributed by atoms with Gasteiger partial charge in [0.25, 0.3) is 0 Å². The van der Waals surface area contributed by atoms with Crippen LogP contribution in [-0.4, -0.2) is 47.9 Å². The minimum atomic E-state index is -0.515. The van der Waals surface area contributed by atoms with Gasteiger partial charge in [0, 0.05) is 12.5 Å². The molecule has 1 aliphatic rings. The number of anilines is 1. The average Bonchev–Trinajstić information content (AvgIpc) is 2.93. The normalized spacial score (nSPS) is 28.0. The van der Waals surface area contributed by atoms with Gasteiger partial charge in [-0.05, 0) is 12.8 Å². The summed E-state index contributed by atoms with van der Waals surface area (Å²) in [4.78, 5) is 7.98. The molecule has 0 radical (unpaired) electrons. The van der Waals surface area contributed by atoms with E-state index in [0.29, 0.717) is 29.8 Å². The highest BCUT2D eigenvalue weighted by atomic mass is 16.3. The van der Waals surface area contributed by atoms with Crippen molar-refractivity contribution in [2.75, 3.05) is 12.3 Å². The fourth-order valence-electron chi connectivity index (χ4n) is 2.50. The van der Waals surface area contributed by atoms with E-state index < -0.39 is 6.10 Å². The van der Waals surface area contributed by atoms with E-state index in [2.05, 4.69) is 20.3 Å². The van der Waals surface area contributed by atoms with Crippen LogP contribution in [0, 0.1) is 5.92 Å². The van der Waals surface area contributed by atoms with Crippen molar-refractivity contribution < 1.29 is 10.2 Å². The molecule has 2 heterocycles. The molecule has 8 nitrogen and oxygen atoms in total. The summed E-state index contributed by atoms with van der Waals surface area (Å²) < 4.78 is 1.66. The minimum Gasteiger partial charge on any atom is -0.396 e. The maximum atomic E-state index is 9.81. The molecule has 2 aromatic rings. The predicted molar refractivity (Wildman–Crippen MR) is 62.4 cm³/mol. The van der Waals surface area contributed by atoms with Crippen molar-refractivity contribution in [3.63, 3.8) is 0 Å². The smallest absolute Gasteiger partial charge is 0.184 e. The lowest BCUT2D eigenvalue weighted by Crippen LogP contribution is -2.16. The minimum absolute atomic E-state index is 0.0172. The number of nitrogens with two attached hydrogens (primary N) is 1. The molecule has 1 aliphatic carbocycles. The fraction of sp³-hybridized carbons (Fsp3) is 0.600. The third-order valence-electron chi connectivity index (χ3n) is 3.50. The van der Waals surface area contributed by atoms with E-state index in [1.807, 2.05) is 0 Å². The van der Waals surface area contributed by atoms with Crippen LogP contribution in [0.4, 0.5) is 5.82 Å². The van der Waals surface area contributed by atoms with Crippen LogP contribution in [0.15, 0.2) is 6.33 Å². The first-order valence-corrected chi connectivity index (χ1v) is 5.81. The van der Waals surface area contributed by atoms with E-state index in [0.717, 1.165) is 0 Å². The number of fused-ring (bicyclic) bond motifs is 1. The molecular formula is C10H14N6O2. The largest absolute Gasteiger partial charge is 0.396 e. The molecule has 8 heteroatoms. The standard InChI is InChI=1S/C10H14N6O2/c11-9-8-10(13-4-12-9)16(15-14-8)6-1-5(3-17)7(18)2-6/h4-7,17-18H,1-3H2,(H2,11,12,13). The molecule has 3 atom stereocenters. The number of nitrogens with zero attached hydrogens (tertiary/aromatic N) is 5. The summed E-state index contributed by atoms with van der Waals surface area (Å²) in [6.07, 6.45) is 2.04. The Balaban J connectivity index is 1.99. The Morgan fingerprint density at radius 1 is 1.39 bits per heavy atom. The highest BCUT2D eigenvalue weighted by molar-refractivity contribution is 5.80. The van der Waals surface area contributed by atoms with Crippen LogP contribution in [0.2, 0.25) is 0 Å². The van der Waals surface area contributed by atoms with Crippen molar-refractivity contribution >= 4 is 17.0 Å². The molecule has 1 fully saturated rings. The zero-order chi connectivity index (χ0) is 12.7. The van der Waals surface area contributed by atoms with Gasteiger partial charge in [0.15, 0.2) is 17.0 Å². The van der Waals surface area contributed by atoms with Crippen molar-refractivity contribution in [3.8, 4) is 0 Å². The summed E-state index contributed by atoms with van der Waals surface area (Å²) in [5.41, 5.74) is 6.73. The topological polar surface area (TPSA) is 123 Å². The Kier molecular flexibility index (Phi) is 2.60. The van der Waals surface area contributed by atoms with Crippen LogP contribution < -0.4 is 5.73 Å². The zero-order valence-corrected chi connectivity index (χ0v) is 9.64. The molecule has 96 valence electrons. The van der Waals surface area contributed by atoms with Crippen molar-refractivity contribution in [3.05, 3.63) is 6.33 Å². The van der Waals surface area contributed by atoms with Crippen LogP contribution in [0.3, 0.4) is 0 Å². The number of nitrogen functional groups attached to an aromatic ring is 1. The van der Waals surface area contributed by atoms with Gasteiger partial charge >= 0.3 is 0 Å². The molecule has 3 unspecified atom stereocenters. The molecule has 1 saturated carbocycles. The molecule has 0 spiro atoms. The van der Waals surface area contributed by atoms with Crippen LogP contribution >= 0.6 is 0 Å². The number of hydrogen-bond acceptors (Lipinski definition) is 7. The lowest BCUT2D eigenvalue weighted by atomic mass is 10.1. The first-order chi connectivity index (χ1) is 8.70. The van der Waals surface area contributed by atoms with Gasteiger partial charge in [-0.15, -0.1) is 5.10 Å². The van der Waals surface area contributed by atoms with E-state index in [1.165, 1.54) is 6.33 Å². The molecule has 0 saturated heterocycles. The summed E-state index contributed by atoms with van der Waals surface area (Å²) in [5.74, 6) is 0.178. The van der Waals surface area contributed by atoms with Gasteiger partial charge in [0.05, 0.1) is 12.1 Å². The van der Waals surface area contributed by atoms with Crippen LogP contribution in [0.25, 0.3) is 11.2 Å². The highest BCUT2D eigenvalue weighted by Crippen LogP contribution is 2.35. The molecule has 4 N–H and O–H groups in total. The first kappa shape index (κ1) is 11.3. The van der Waals surface area contributed by atoms with Crippen molar-refractivity contribution in [2.24, 2.45) is 5.92 Å². The maximum absolute atomic E-state index is 9.81. The molecule has 0 aromatic carbocycles. The number of aliphatic hydroxyl groups excluding tert-OH is 2. The molecular weight excluding hydrogens is 236 g/mol. The van der Waals surface area contributed by atoms with E-state index in [4.69, 9.17) is 10.8 Å². The highest BCUT2D eigenvalue weighted by Gasteiger charge is 2.35. The van der Waals surface area contributed by atoms with Crippen molar-refractivity contribution in [1.82, 2.24) is 25.0 Å². The van der Waals surface area contributed by atoms with Crippen molar-refractivity contribution in [1.29, 1.82) is 0 Å². The van der Waals surface area contributed by atoms with Crippen LogP contribution in [-0.2, 0) is 0 Å². The van der Waals surface area contributed by atoms with Crippen molar-refractivity contribution in [2.45, 2.75) is 25.0 Å². The Morgan fingerprint density at radius 2 is 2.22 bits per heavy atom. The van der Waals surface area contributed by atoms with Gasteiger partial charge in [0.1, 0.15) is 6.33 Å². The van der Waals surface area contributed by atoms with Crippen LogP contribution in [0.5, 0.6) is 0 Å². The second-order valence-electron chi connectivity index (χ2n) is 4.60. The molecule has 18 heavy (non-hydrogen) atoms. The Morgan fingerprint density at radius 3 is 2.94 bits per heavy atom. The van der Waals surface area contributed by atoms with Gasteiger partial charge in [-0.2, -0.15) is 0 Å². The van der Waals surface area contributed by atoms with Gasteiger partial charge in [-0.1, -0.05) is 5.21 Å². The summed E-state index contributed by atoms with van der Waals surface area (Å²) in [7, 11) is 0. The number of aliphatic hydroxyl groups is 2. The fourth-order valence-corrected chi connectivity index (χ4v) is 2.50. The predicted octanol–water partition coefficient (Wildman–Crippen LogP) is -0.892. The van der Waals surface area contributed by atoms with Gasteiger partial charge in [0.2, 0.25) is 0 Å². The van der Waals surface area contributed by atoms with E-state index >= 15 is 0 Å². The van der Waals surface area contributed by atoms with Crippen LogP contribution in [0.1, 0.15) is 18.9 Å². The lowest BCUT2D eigenvalue weighted by molar-refractivity contribution is 0.0906. The Bertz CT molecular complexity index is 570.